The first-order chi connectivity index (χ1) is 4.91. The molecule has 0 saturated heterocycles. The minimum Gasteiger partial charge on any atom is -0.188 e. The molecule has 0 spiro atoms. The third-order valence-corrected chi connectivity index (χ3v) is 3.97. The van der Waals surface area contributed by atoms with Crippen LogP contribution < -0.4 is 0 Å². The summed E-state index contributed by atoms with van der Waals surface area (Å²) >= 11 is 11.4. The van der Waals surface area contributed by atoms with Gasteiger partial charge in [-0.1, -0.05) is 27.1 Å². The fourth-order valence-corrected chi connectivity index (χ4v) is 2.66. The van der Waals surface area contributed by atoms with E-state index in [0.29, 0.717) is 11.3 Å². The summed E-state index contributed by atoms with van der Waals surface area (Å²) < 4.78 is 32.2. The van der Waals surface area contributed by atoms with Crippen LogP contribution in [0.1, 0.15) is 0 Å². The summed E-state index contributed by atoms with van der Waals surface area (Å²) in [5.41, 5.74) is 0. The average molecular weight is 235 g/mol. The highest BCUT2D eigenvalue weighted by Gasteiger charge is 2.17. The number of hydrogen-bond acceptors (Lipinski definition) is 3. The smallest absolute Gasteiger partial charge is 0.188 e. The van der Waals surface area contributed by atoms with E-state index in [1.54, 1.807) is 0 Å². The SMILES string of the molecule is O=S(=O)(F)c1cc(Cl)c(Cl)s1. The van der Waals surface area contributed by atoms with Gasteiger partial charge in [-0.25, -0.2) is 0 Å². The van der Waals surface area contributed by atoms with Gasteiger partial charge in [0.05, 0.1) is 5.02 Å². The van der Waals surface area contributed by atoms with Crippen LogP contribution >= 0.6 is 34.5 Å². The molecule has 0 atom stereocenters. The summed E-state index contributed by atoms with van der Waals surface area (Å²) in [6.45, 7) is 0. The Kier molecular flexibility index (Phi) is 2.43. The van der Waals surface area contributed by atoms with Gasteiger partial charge in [0.15, 0.2) is 4.21 Å². The normalized spacial score (nSPS) is 11.9. The molecular formula is C4HCl2FO2S2. The summed E-state index contributed by atoms with van der Waals surface area (Å²) in [6.07, 6.45) is 0. The van der Waals surface area contributed by atoms with Gasteiger partial charge in [0, 0.05) is 0 Å². The molecule has 1 heterocycles. The third-order valence-electron chi connectivity index (χ3n) is 0.863. The largest absolute Gasteiger partial charge is 0.341 e. The van der Waals surface area contributed by atoms with Crippen LogP contribution in [0.2, 0.25) is 9.36 Å². The first-order valence-electron chi connectivity index (χ1n) is 2.31. The minimum absolute atomic E-state index is 0.0490. The fourth-order valence-electron chi connectivity index (χ4n) is 0.447. The summed E-state index contributed by atoms with van der Waals surface area (Å²) in [4.78, 5) is 0. The molecule has 0 unspecified atom stereocenters. The van der Waals surface area contributed by atoms with E-state index >= 15 is 0 Å². The van der Waals surface area contributed by atoms with Crippen molar-refractivity contribution < 1.29 is 12.3 Å². The first-order valence-corrected chi connectivity index (χ1v) is 5.26. The monoisotopic (exact) mass is 234 g/mol. The van der Waals surface area contributed by atoms with Gasteiger partial charge in [-0.3, -0.25) is 0 Å². The Morgan fingerprint density at radius 3 is 2.18 bits per heavy atom. The van der Waals surface area contributed by atoms with E-state index in [-0.39, 0.29) is 9.36 Å². The molecule has 1 rings (SSSR count). The molecule has 0 fully saturated rings. The molecule has 0 N–H and O–H groups in total. The molecule has 7 heteroatoms. The van der Waals surface area contributed by atoms with Crippen molar-refractivity contribution in [2.24, 2.45) is 0 Å². The molecule has 0 amide bonds. The van der Waals surface area contributed by atoms with Crippen LogP contribution in [0.5, 0.6) is 0 Å². The fraction of sp³-hybridized carbons (Fsp3) is 0. The van der Waals surface area contributed by atoms with Gasteiger partial charge in [-0.15, -0.1) is 11.3 Å². The summed E-state index contributed by atoms with van der Waals surface area (Å²) in [6, 6.07) is 0.976. The second kappa shape index (κ2) is 2.90. The number of halogens is 3. The van der Waals surface area contributed by atoms with Crippen LogP contribution in [0.25, 0.3) is 0 Å². The predicted molar refractivity (Wildman–Crippen MR) is 42.6 cm³/mol. The zero-order chi connectivity index (χ0) is 8.65. The summed E-state index contributed by atoms with van der Waals surface area (Å²) in [5.74, 6) is 0. The Labute approximate surface area is 76.8 Å². The molecule has 1 aromatic rings. The zero-order valence-electron chi connectivity index (χ0n) is 4.84. The van der Waals surface area contributed by atoms with Gasteiger partial charge in [0.2, 0.25) is 0 Å². The molecule has 11 heavy (non-hydrogen) atoms. The molecular weight excluding hydrogens is 234 g/mol. The van der Waals surface area contributed by atoms with Crippen LogP contribution in [-0.4, -0.2) is 8.42 Å². The quantitative estimate of drug-likeness (QED) is 0.701. The average Bonchev–Trinajstić information content (AvgIpc) is 2.11. The van der Waals surface area contributed by atoms with Crippen LogP contribution in [0.3, 0.4) is 0 Å². The highest BCUT2D eigenvalue weighted by atomic mass is 35.5. The standard InChI is InChI=1S/C4HCl2FO2S2/c5-2-1-3(10-4(2)6)11(7,8)9/h1H. The first kappa shape index (κ1) is 9.25. The summed E-state index contributed by atoms with van der Waals surface area (Å²) in [7, 11) is -4.65. The van der Waals surface area contributed by atoms with Crippen LogP contribution in [0, 0.1) is 0 Å². The maximum atomic E-state index is 12.2. The predicted octanol–water partition coefficient (Wildman–Crippen LogP) is 2.71. The van der Waals surface area contributed by atoms with Crippen LogP contribution in [-0.2, 0) is 10.2 Å². The van der Waals surface area contributed by atoms with E-state index in [1.165, 1.54) is 0 Å². The van der Waals surface area contributed by atoms with Crippen molar-refractivity contribution in [3.8, 4) is 0 Å². The van der Waals surface area contributed by atoms with Crippen molar-refractivity contribution in [1.82, 2.24) is 0 Å². The van der Waals surface area contributed by atoms with Gasteiger partial charge in [0.25, 0.3) is 0 Å². The highest BCUT2D eigenvalue weighted by Crippen LogP contribution is 2.34. The van der Waals surface area contributed by atoms with E-state index in [4.69, 9.17) is 23.2 Å². The van der Waals surface area contributed by atoms with Gasteiger partial charge in [-0.2, -0.15) is 8.42 Å². The molecule has 0 aliphatic rings. The molecule has 1 aromatic heterocycles. The number of hydrogen-bond donors (Lipinski definition) is 0. The molecule has 0 aliphatic carbocycles. The Morgan fingerprint density at radius 1 is 1.45 bits per heavy atom. The van der Waals surface area contributed by atoms with Crippen LogP contribution in [0.15, 0.2) is 10.3 Å². The second-order valence-corrected chi connectivity index (χ2v) is 5.26. The van der Waals surface area contributed by atoms with Crippen molar-refractivity contribution in [3.05, 3.63) is 15.4 Å². The lowest BCUT2D eigenvalue weighted by Crippen LogP contribution is -1.85. The van der Waals surface area contributed by atoms with Crippen molar-refractivity contribution in [2.45, 2.75) is 4.21 Å². The highest BCUT2D eigenvalue weighted by molar-refractivity contribution is 7.88. The molecule has 62 valence electrons. The molecule has 0 radical (unpaired) electrons. The lowest BCUT2D eigenvalue weighted by Gasteiger charge is -1.81. The van der Waals surface area contributed by atoms with E-state index in [2.05, 4.69) is 0 Å². The zero-order valence-corrected chi connectivity index (χ0v) is 7.99. The van der Waals surface area contributed by atoms with Crippen molar-refractivity contribution in [1.29, 1.82) is 0 Å². The Hall–Kier alpha value is 0.160. The van der Waals surface area contributed by atoms with E-state index in [0.717, 1.165) is 6.07 Å². The van der Waals surface area contributed by atoms with E-state index in [9.17, 15) is 12.3 Å². The molecule has 0 bridgehead atoms. The Morgan fingerprint density at radius 2 is 2.00 bits per heavy atom. The van der Waals surface area contributed by atoms with Gasteiger partial charge < -0.3 is 0 Å². The second-order valence-electron chi connectivity index (χ2n) is 1.62. The lowest BCUT2D eigenvalue weighted by atomic mass is 10.7. The van der Waals surface area contributed by atoms with Gasteiger partial charge in [-0.05, 0) is 6.07 Å². The number of thiophene rings is 1. The Bertz CT molecular complexity index is 350. The minimum atomic E-state index is -4.65. The molecule has 0 aromatic carbocycles. The van der Waals surface area contributed by atoms with Crippen molar-refractivity contribution in [2.75, 3.05) is 0 Å². The molecule has 2 nitrogen and oxygen atoms in total. The van der Waals surface area contributed by atoms with Crippen molar-refractivity contribution >= 4 is 44.8 Å². The van der Waals surface area contributed by atoms with Gasteiger partial charge >= 0.3 is 10.2 Å². The topological polar surface area (TPSA) is 34.1 Å². The van der Waals surface area contributed by atoms with Crippen LogP contribution in [0.4, 0.5) is 3.89 Å². The number of rotatable bonds is 1. The lowest BCUT2D eigenvalue weighted by molar-refractivity contribution is 0.554. The van der Waals surface area contributed by atoms with Crippen molar-refractivity contribution in [3.63, 3.8) is 0 Å². The maximum absolute atomic E-state index is 12.2. The molecule has 0 saturated carbocycles. The molecule has 0 aliphatic heterocycles. The maximum Gasteiger partial charge on any atom is 0.341 e. The summed E-state index contributed by atoms with van der Waals surface area (Å²) in [5, 5.41) is 0.0490. The third kappa shape index (κ3) is 2.05. The van der Waals surface area contributed by atoms with Gasteiger partial charge in [0.1, 0.15) is 4.34 Å². The Balaban J connectivity index is 3.29. The van der Waals surface area contributed by atoms with E-state index < -0.39 is 14.4 Å². The van der Waals surface area contributed by atoms with E-state index in [1.807, 2.05) is 0 Å².